The number of carbonyl (C=O) groups is 2. The molecule has 0 saturated heterocycles. The van der Waals surface area contributed by atoms with Gasteiger partial charge in [0.2, 0.25) is 0 Å². The first-order chi connectivity index (χ1) is 7.93. The van der Waals surface area contributed by atoms with Gasteiger partial charge in [0.25, 0.3) is 0 Å². The Morgan fingerprint density at radius 2 is 1.65 bits per heavy atom. The molecule has 17 heavy (non-hydrogen) atoms. The van der Waals surface area contributed by atoms with E-state index < -0.39 is 5.97 Å². The minimum atomic E-state index is -0.475. The standard InChI is InChI=1S/C14H18O3/c1-9-5-10(2)13(11(3)6-9)7-12(15)8-14(16)17-4/h5-6H,7-8H2,1-4H3. The summed E-state index contributed by atoms with van der Waals surface area (Å²) in [6, 6.07) is 4.10. The van der Waals surface area contributed by atoms with Gasteiger partial charge in [0.15, 0.2) is 0 Å². The van der Waals surface area contributed by atoms with E-state index in [1.807, 2.05) is 32.9 Å². The van der Waals surface area contributed by atoms with Crippen LogP contribution in [0.5, 0.6) is 0 Å². The average molecular weight is 234 g/mol. The summed E-state index contributed by atoms with van der Waals surface area (Å²) in [5.41, 5.74) is 4.40. The molecule has 0 bridgehead atoms. The van der Waals surface area contributed by atoms with Crippen molar-refractivity contribution in [3.63, 3.8) is 0 Å². The predicted molar refractivity (Wildman–Crippen MR) is 66.0 cm³/mol. The van der Waals surface area contributed by atoms with Crippen molar-refractivity contribution in [3.8, 4) is 0 Å². The monoisotopic (exact) mass is 234 g/mol. The maximum atomic E-state index is 11.7. The van der Waals surface area contributed by atoms with Crippen molar-refractivity contribution in [3.05, 3.63) is 34.4 Å². The second kappa shape index (κ2) is 5.62. The van der Waals surface area contributed by atoms with Crippen LogP contribution in [-0.2, 0) is 20.7 Å². The highest BCUT2D eigenvalue weighted by Gasteiger charge is 2.13. The molecule has 0 amide bonds. The van der Waals surface area contributed by atoms with Gasteiger partial charge >= 0.3 is 5.97 Å². The molecule has 1 aromatic rings. The van der Waals surface area contributed by atoms with Crippen molar-refractivity contribution in [1.82, 2.24) is 0 Å². The fourth-order valence-electron chi connectivity index (χ4n) is 1.98. The topological polar surface area (TPSA) is 43.4 Å². The summed E-state index contributed by atoms with van der Waals surface area (Å²) < 4.78 is 4.48. The number of Topliss-reactive ketones (excluding diaryl/α,β-unsaturated/α-hetero) is 1. The van der Waals surface area contributed by atoms with E-state index in [2.05, 4.69) is 4.74 Å². The lowest BCUT2D eigenvalue weighted by molar-refractivity contribution is -0.143. The molecule has 3 nitrogen and oxygen atoms in total. The Balaban J connectivity index is 2.82. The third-order valence-corrected chi connectivity index (χ3v) is 2.78. The van der Waals surface area contributed by atoms with Gasteiger partial charge in [-0.05, 0) is 37.5 Å². The van der Waals surface area contributed by atoms with Crippen LogP contribution in [0.2, 0.25) is 0 Å². The van der Waals surface area contributed by atoms with E-state index in [4.69, 9.17) is 0 Å². The number of ether oxygens (including phenoxy) is 1. The van der Waals surface area contributed by atoms with Gasteiger partial charge in [0.05, 0.1) is 7.11 Å². The number of methoxy groups -OCH3 is 1. The van der Waals surface area contributed by atoms with Crippen molar-refractivity contribution in [2.24, 2.45) is 0 Å². The molecule has 1 rings (SSSR count). The van der Waals surface area contributed by atoms with Crippen LogP contribution in [0, 0.1) is 20.8 Å². The normalized spacial score (nSPS) is 10.1. The number of rotatable bonds is 4. The molecule has 0 heterocycles. The predicted octanol–water partition coefficient (Wildman–Crippen LogP) is 2.29. The summed E-state index contributed by atoms with van der Waals surface area (Å²) in [5, 5.41) is 0. The van der Waals surface area contributed by atoms with Crippen LogP contribution in [-0.4, -0.2) is 18.9 Å². The zero-order valence-corrected chi connectivity index (χ0v) is 10.8. The SMILES string of the molecule is COC(=O)CC(=O)Cc1c(C)cc(C)cc1C. The Bertz CT molecular complexity index is 424. The summed E-state index contributed by atoms with van der Waals surface area (Å²) in [6.07, 6.45) is 0.149. The number of hydrogen-bond acceptors (Lipinski definition) is 3. The molecule has 92 valence electrons. The van der Waals surface area contributed by atoms with Crippen molar-refractivity contribution >= 4 is 11.8 Å². The van der Waals surface area contributed by atoms with Crippen LogP contribution in [0.1, 0.15) is 28.7 Å². The quantitative estimate of drug-likeness (QED) is 0.593. The number of esters is 1. The summed E-state index contributed by atoms with van der Waals surface area (Å²) in [5.74, 6) is -0.579. The van der Waals surface area contributed by atoms with Gasteiger partial charge in [0.1, 0.15) is 12.2 Å². The molecule has 0 N–H and O–H groups in total. The number of ketones is 1. The van der Waals surface area contributed by atoms with Gasteiger partial charge in [-0.15, -0.1) is 0 Å². The molecule has 0 saturated carbocycles. The third kappa shape index (κ3) is 3.70. The fraction of sp³-hybridized carbons (Fsp3) is 0.429. The van der Waals surface area contributed by atoms with Crippen molar-refractivity contribution in [2.45, 2.75) is 33.6 Å². The number of benzene rings is 1. The molecule has 0 unspecified atom stereocenters. The second-order valence-corrected chi connectivity index (χ2v) is 4.35. The number of hydrogen-bond donors (Lipinski definition) is 0. The van der Waals surface area contributed by atoms with Crippen LogP contribution in [0.4, 0.5) is 0 Å². The van der Waals surface area contributed by atoms with Gasteiger partial charge in [-0.25, -0.2) is 0 Å². The highest BCUT2D eigenvalue weighted by atomic mass is 16.5. The Morgan fingerprint density at radius 1 is 1.12 bits per heavy atom. The van der Waals surface area contributed by atoms with Crippen LogP contribution >= 0.6 is 0 Å². The zero-order chi connectivity index (χ0) is 13.0. The van der Waals surface area contributed by atoms with E-state index in [0.29, 0.717) is 6.42 Å². The maximum absolute atomic E-state index is 11.7. The van der Waals surface area contributed by atoms with E-state index in [1.54, 1.807) is 0 Å². The molecule has 0 aromatic heterocycles. The van der Waals surface area contributed by atoms with Crippen LogP contribution in [0.25, 0.3) is 0 Å². The molecule has 0 spiro atoms. The maximum Gasteiger partial charge on any atom is 0.313 e. The second-order valence-electron chi connectivity index (χ2n) is 4.35. The molecule has 0 fully saturated rings. The Kier molecular flexibility index (Phi) is 4.44. The Morgan fingerprint density at radius 3 is 2.12 bits per heavy atom. The summed E-state index contributed by atoms with van der Waals surface area (Å²) in [6.45, 7) is 6.00. The van der Waals surface area contributed by atoms with E-state index in [9.17, 15) is 9.59 Å². The van der Waals surface area contributed by atoms with Crippen molar-refractivity contribution < 1.29 is 14.3 Å². The Labute approximate surface area is 102 Å². The van der Waals surface area contributed by atoms with E-state index in [1.165, 1.54) is 12.7 Å². The summed E-state index contributed by atoms with van der Waals surface area (Å²) >= 11 is 0. The summed E-state index contributed by atoms with van der Waals surface area (Å²) in [7, 11) is 1.29. The molecule has 0 atom stereocenters. The van der Waals surface area contributed by atoms with Gasteiger partial charge < -0.3 is 4.74 Å². The van der Waals surface area contributed by atoms with E-state index in [-0.39, 0.29) is 12.2 Å². The molecule has 0 aliphatic heterocycles. The smallest absolute Gasteiger partial charge is 0.313 e. The first-order valence-corrected chi connectivity index (χ1v) is 5.59. The lowest BCUT2D eigenvalue weighted by Crippen LogP contribution is -2.12. The molecule has 0 aliphatic carbocycles. The van der Waals surface area contributed by atoms with Gasteiger partial charge in [0, 0.05) is 6.42 Å². The van der Waals surface area contributed by atoms with Crippen molar-refractivity contribution in [1.29, 1.82) is 0 Å². The lowest BCUT2D eigenvalue weighted by atomic mass is 9.95. The third-order valence-electron chi connectivity index (χ3n) is 2.78. The molecule has 1 aromatic carbocycles. The minimum Gasteiger partial charge on any atom is -0.469 e. The highest BCUT2D eigenvalue weighted by molar-refractivity contribution is 5.96. The van der Waals surface area contributed by atoms with Crippen LogP contribution in [0.3, 0.4) is 0 Å². The molecular weight excluding hydrogens is 216 g/mol. The van der Waals surface area contributed by atoms with Gasteiger partial charge in [-0.1, -0.05) is 17.7 Å². The zero-order valence-electron chi connectivity index (χ0n) is 10.8. The molecule has 0 aliphatic rings. The Hall–Kier alpha value is -1.64. The minimum absolute atomic E-state index is 0.105. The fourth-order valence-corrected chi connectivity index (χ4v) is 1.98. The first kappa shape index (κ1) is 13.4. The lowest BCUT2D eigenvalue weighted by Gasteiger charge is -2.10. The van der Waals surface area contributed by atoms with Crippen LogP contribution in [0.15, 0.2) is 12.1 Å². The summed E-state index contributed by atoms with van der Waals surface area (Å²) in [4.78, 5) is 22.7. The van der Waals surface area contributed by atoms with Gasteiger partial charge in [-0.2, -0.15) is 0 Å². The van der Waals surface area contributed by atoms with Crippen LogP contribution < -0.4 is 0 Å². The number of aryl methyl sites for hydroxylation is 3. The first-order valence-electron chi connectivity index (χ1n) is 5.59. The van der Waals surface area contributed by atoms with E-state index >= 15 is 0 Å². The largest absolute Gasteiger partial charge is 0.469 e. The molecule has 3 heteroatoms. The highest BCUT2D eigenvalue weighted by Crippen LogP contribution is 2.17. The van der Waals surface area contributed by atoms with Gasteiger partial charge in [-0.3, -0.25) is 9.59 Å². The number of carbonyl (C=O) groups excluding carboxylic acids is 2. The molecule has 0 radical (unpaired) electrons. The van der Waals surface area contributed by atoms with Crippen molar-refractivity contribution in [2.75, 3.05) is 7.11 Å². The van der Waals surface area contributed by atoms with E-state index in [0.717, 1.165) is 16.7 Å². The molecular formula is C14H18O3. The average Bonchev–Trinajstić information content (AvgIpc) is 2.23.